The van der Waals surface area contributed by atoms with Crippen LogP contribution < -0.4 is 15.8 Å². The van der Waals surface area contributed by atoms with Gasteiger partial charge in [-0.05, 0) is 13.8 Å². The van der Waals surface area contributed by atoms with Gasteiger partial charge in [-0.25, -0.2) is 0 Å². The van der Waals surface area contributed by atoms with Crippen molar-refractivity contribution in [3.05, 3.63) is 5.38 Å². The van der Waals surface area contributed by atoms with Gasteiger partial charge in [0.2, 0.25) is 5.44 Å². The molecule has 0 aromatic carbocycles. The third kappa shape index (κ3) is 2.06. The molecule has 2 aromatic rings. The highest BCUT2D eigenvalue weighted by Crippen LogP contribution is 2.46. The van der Waals surface area contributed by atoms with Crippen LogP contribution in [0.3, 0.4) is 0 Å². The molecule has 10 heteroatoms. The Morgan fingerprint density at radius 3 is 2.76 bits per heavy atom. The first-order valence-electron chi connectivity index (χ1n) is 5.02. The van der Waals surface area contributed by atoms with Gasteiger partial charge in [-0.3, -0.25) is 10.4 Å². The molecule has 2 N–H and O–H groups in total. The van der Waals surface area contributed by atoms with E-state index in [0.717, 1.165) is 4.79 Å². The van der Waals surface area contributed by atoms with Gasteiger partial charge in [0.15, 0.2) is 5.21 Å². The number of nitrogen functional groups attached to an aromatic ring is 1. The van der Waals surface area contributed by atoms with E-state index in [9.17, 15) is 4.57 Å². The van der Waals surface area contributed by atoms with Crippen molar-refractivity contribution in [1.29, 1.82) is 0 Å². The summed E-state index contributed by atoms with van der Waals surface area (Å²) in [5, 5.41) is 9.08. The lowest BCUT2D eigenvalue weighted by atomic mass is 10.9. The molecule has 0 fully saturated rings. The molecule has 17 heavy (non-hydrogen) atoms. The quantitative estimate of drug-likeness (QED) is 0.457. The van der Waals surface area contributed by atoms with Crippen LogP contribution >= 0.6 is 18.9 Å². The van der Waals surface area contributed by atoms with Crippen LogP contribution in [0, 0.1) is 0 Å². The molecular formula is C7H13N5O3PS+. The van der Waals surface area contributed by atoms with Crippen LogP contribution in [0.2, 0.25) is 0 Å². The van der Waals surface area contributed by atoms with Crippen LogP contribution in [0.5, 0.6) is 0 Å². The molecule has 0 aliphatic carbocycles. The predicted octanol–water partition coefficient (Wildman–Crippen LogP) is -0.317. The van der Waals surface area contributed by atoms with Crippen LogP contribution in [0.4, 0.5) is 0 Å². The molecule has 0 saturated carbocycles. The Kier molecular flexibility index (Phi) is 3.43. The second-order valence-electron chi connectivity index (χ2n) is 3.04. The third-order valence-electron chi connectivity index (χ3n) is 1.97. The highest BCUT2D eigenvalue weighted by molar-refractivity contribution is 7.62. The Bertz CT molecular complexity index is 557. The van der Waals surface area contributed by atoms with Crippen molar-refractivity contribution in [3.63, 3.8) is 0 Å². The van der Waals surface area contributed by atoms with E-state index in [1.54, 1.807) is 19.2 Å². The standard InChI is InChI=1S/C7H13N5O3PS/c1-3-14-16(13,15-4-2)6-5-17-7-11(6)9-10-12(7)8/h5H,3-4,8H2,1-2H3/q+1. The summed E-state index contributed by atoms with van der Waals surface area (Å²) in [5.74, 6) is 5.54. The van der Waals surface area contributed by atoms with Crippen molar-refractivity contribution in [2.75, 3.05) is 19.1 Å². The number of nitrogens with two attached hydrogens (primary N) is 1. The predicted molar refractivity (Wildman–Crippen MR) is 61.7 cm³/mol. The zero-order chi connectivity index (χ0) is 12.5. The van der Waals surface area contributed by atoms with E-state index in [2.05, 4.69) is 10.4 Å². The molecule has 2 heterocycles. The summed E-state index contributed by atoms with van der Waals surface area (Å²) in [6.45, 7) is 4.07. The number of aromatic nitrogens is 4. The average Bonchev–Trinajstić information content (AvgIpc) is 2.83. The normalized spacial score (nSPS) is 12.4. The summed E-state index contributed by atoms with van der Waals surface area (Å²) in [5.41, 5.74) is 0.345. The number of tetrazole rings is 1. The zero-order valence-electron chi connectivity index (χ0n) is 9.44. The van der Waals surface area contributed by atoms with Gasteiger partial charge in [0, 0.05) is 10.2 Å². The first-order valence-corrected chi connectivity index (χ1v) is 7.44. The molecule has 0 aliphatic rings. The molecule has 0 bridgehead atoms. The zero-order valence-corrected chi connectivity index (χ0v) is 11.1. The summed E-state index contributed by atoms with van der Waals surface area (Å²) in [6, 6.07) is 0. The average molecular weight is 278 g/mol. The van der Waals surface area contributed by atoms with Crippen LogP contribution in [0.15, 0.2) is 5.38 Å². The van der Waals surface area contributed by atoms with Crippen LogP contribution in [-0.4, -0.2) is 28.4 Å². The Morgan fingerprint density at radius 1 is 1.53 bits per heavy atom. The number of thiazole rings is 1. The molecule has 0 unspecified atom stereocenters. The van der Waals surface area contributed by atoms with Gasteiger partial charge in [-0.2, -0.15) is 0 Å². The monoisotopic (exact) mass is 278 g/mol. The number of hydrogen-bond acceptors (Lipinski definition) is 7. The Labute approximate surface area is 101 Å². The van der Waals surface area contributed by atoms with Crippen LogP contribution in [-0.2, 0) is 13.6 Å². The fourth-order valence-electron chi connectivity index (χ4n) is 1.35. The van der Waals surface area contributed by atoms with Crippen LogP contribution in [0.25, 0.3) is 4.96 Å². The lowest BCUT2D eigenvalue weighted by Gasteiger charge is -2.13. The van der Waals surface area contributed by atoms with E-state index in [0.29, 0.717) is 10.4 Å². The van der Waals surface area contributed by atoms with Crippen molar-refractivity contribution in [3.8, 4) is 0 Å². The molecule has 0 aliphatic heterocycles. The fourth-order valence-corrected chi connectivity index (χ4v) is 4.17. The van der Waals surface area contributed by atoms with Crippen LogP contribution in [0.1, 0.15) is 13.8 Å². The van der Waals surface area contributed by atoms with Gasteiger partial charge in [-0.15, -0.1) is 0 Å². The molecule has 0 saturated heterocycles. The maximum absolute atomic E-state index is 12.5. The van der Waals surface area contributed by atoms with E-state index in [4.69, 9.17) is 14.9 Å². The van der Waals surface area contributed by atoms with E-state index in [1.165, 1.54) is 15.9 Å². The maximum Gasteiger partial charge on any atom is 0.395 e. The number of rotatable bonds is 5. The second-order valence-corrected chi connectivity index (χ2v) is 5.85. The Morgan fingerprint density at radius 2 is 2.18 bits per heavy atom. The maximum atomic E-state index is 12.5. The highest BCUT2D eigenvalue weighted by atomic mass is 32.1. The van der Waals surface area contributed by atoms with Crippen molar-refractivity contribution in [1.82, 2.24) is 15.2 Å². The van der Waals surface area contributed by atoms with Gasteiger partial charge < -0.3 is 9.05 Å². The van der Waals surface area contributed by atoms with Crippen molar-refractivity contribution in [2.24, 2.45) is 0 Å². The topological polar surface area (TPSA) is 96.4 Å². The van der Waals surface area contributed by atoms with Gasteiger partial charge in [0.25, 0.3) is 0 Å². The fraction of sp³-hybridized carbons (Fsp3) is 0.571. The van der Waals surface area contributed by atoms with Crippen molar-refractivity contribution in [2.45, 2.75) is 13.8 Å². The summed E-state index contributed by atoms with van der Waals surface area (Å²) < 4.78 is 24.4. The SMILES string of the molecule is CCOP(=O)(OCC)c1csc2n(N)nn[n+]12. The molecule has 8 nitrogen and oxygen atoms in total. The van der Waals surface area contributed by atoms with E-state index in [1.807, 2.05) is 0 Å². The third-order valence-corrected chi connectivity index (χ3v) is 5.13. The van der Waals surface area contributed by atoms with E-state index >= 15 is 0 Å². The number of nitrogens with zero attached hydrogens (tertiary/aromatic N) is 4. The van der Waals surface area contributed by atoms with Crippen molar-refractivity contribution < 1.29 is 18.1 Å². The Hall–Kier alpha value is -1.02. The molecule has 0 atom stereocenters. The lowest BCUT2D eigenvalue weighted by Crippen LogP contribution is -2.39. The van der Waals surface area contributed by atoms with Gasteiger partial charge >= 0.3 is 12.6 Å². The summed E-state index contributed by atoms with van der Waals surface area (Å²) in [6.07, 6.45) is 0. The molecule has 0 radical (unpaired) electrons. The minimum Gasteiger partial charge on any atom is -0.303 e. The van der Waals surface area contributed by atoms with Gasteiger partial charge in [0.05, 0.1) is 13.2 Å². The summed E-state index contributed by atoms with van der Waals surface area (Å²) in [7, 11) is -3.35. The number of hydrogen-bond donors (Lipinski definition) is 1. The minimum atomic E-state index is -3.35. The van der Waals surface area contributed by atoms with E-state index < -0.39 is 7.60 Å². The molecular weight excluding hydrogens is 265 g/mol. The molecule has 0 amide bonds. The molecule has 2 rings (SSSR count). The minimum absolute atomic E-state index is 0.284. The summed E-state index contributed by atoms with van der Waals surface area (Å²) in [4.78, 5) is 1.66. The first-order chi connectivity index (χ1) is 8.12. The molecule has 2 aromatic heterocycles. The molecule has 94 valence electrons. The van der Waals surface area contributed by atoms with Crippen molar-refractivity contribution >= 4 is 29.3 Å². The second kappa shape index (κ2) is 4.69. The Balaban J connectivity index is 2.52. The number of fused-ring (bicyclic) bond motifs is 1. The largest absolute Gasteiger partial charge is 0.395 e. The van der Waals surface area contributed by atoms with E-state index in [-0.39, 0.29) is 13.2 Å². The first kappa shape index (κ1) is 12.4. The van der Waals surface area contributed by atoms with Gasteiger partial charge in [0.1, 0.15) is 5.21 Å². The van der Waals surface area contributed by atoms with Gasteiger partial charge in [-0.1, -0.05) is 15.9 Å². The smallest absolute Gasteiger partial charge is 0.303 e. The lowest BCUT2D eigenvalue weighted by molar-refractivity contribution is -0.560. The highest BCUT2D eigenvalue weighted by Gasteiger charge is 2.36. The molecule has 0 spiro atoms. The summed E-state index contributed by atoms with van der Waals surface area (Å²) >= 11 is 1.27.